The van der Waals surface area contributed by atoms with Gasteiger partial charge in [-0.3, -0.25) is 0 Å². The van der Waals surface area contributed by atoms with Gasteiger partial charge in [-0.2, -0.15) is 0 Å². The molecule has 0 aliphatic heterocycles. The van der Waals surface area contributed by atoms with Gasteiger partial charge in [-0.25, -0.2) is 0 Å². The van der Waals surface area contributed by atoms with Crippen molar-refractivity contribution in [2.45, 2.75) is 98.6 Å². The quantitative estimate of drug-likeness (QED) is 0.276. The van der Waals surface area contributed by atoms with Crippen LogP contribution in [0.15, 0.2) is 24.3 Å². The molecule has 6 heteroatoms. The van der Waals surface area contributed by atoms with Crippen molar-refractivity contribution in [3.63, 3.8) is 0 Å². The zero-order chi connectivity index (χ0) is 27.2. The van der Waals surface area contributed by atoms with E-state index in [1.54, 1.807) is 0 Å². The molecule has 0 unspecified atom stereocenters. The number of hydrogen-bond donors (Lipinski definition) is 0. The minimum atomic E-state index is -1.07. The van der Waals surface area contributed by atoms with Gasteiger partial charge in [0.25, 0.3) is 0 Å². The summed E-state index contributed by atoms with van der Waals surface area (Å²) < 4.78 is 12.9. The highest BCUT2D eigenvalue weighted by Gasteiger charge is 2.29. The van der Waals surface area contributed by atoms with Crippen molar-refractivity contribution < 1.29 is 9.47 Å². The van der Waals surface area contributed by atoms with Crippen LogP contribution in [0.1, 0.15) is 65.0 Å². The lowest BCUT2D eigenvalue weighted by Crippen LogP contribution is -2.39. The molecule has 0 aromatic heterocycles. The summed E-state index contributed by atoms with van der Waals surface area (Å²) in [6, 6.07) is 10.0. The van der Waals surface area contributed by atoms with Gasteiger partial charge in [-0.1, -0.05) is 105 Å². The van der Waals surface area contributed by atoms with Crippen LogP contribution in [0.25, 0.3) is 0 Å². The van der Waals surface area contributed by atoms with Gasteiger partial charge in [0.05, 0.1) is 39.6 Å². The molecule has 2 nitrogen and oxygen atoms in total. The van der Waals surface area contributed by atoms with E-state index in [0.717, 1.165) is 36.3 Å². The van der Waals surface area contributed by atoms with Crippen LogP contribution in [0.5, 0.6) is 11.5 Å². The molecule has 36 heavy (non-hydrogen) atoms. The van der Waals surface area contributed by atoms with E-state index in [-0.39, 0.29) is 5.41 Å². The van der Waals surface area contributed by atoms with E-state index in [2.05, 4.69) is 98.2 Å². The molecule has 0 heterocycles. The molecule has 0 saturated heterocycles. The Bertz CT molecular complexity index is 968. The molecular formula is C30H54O2Si4. The van der Waals surface area contributed by atoms with Gasteiger partial charge in [0.2, 0.25) is 0 Å². The molecule has 0 fully saturated rings. The molecule has 202 valence electrons. The Kier molecular flexibility index (Phi) is 11.8. The van der Waals surface area contributed by atoms with Crippen LogP contribution in [-0.4, -0.2) is 49.8 Å². The van der Waals surface area contributed by atoms with Crippen LogP contribution in [0.3, 0.4) is 0 Å². The average Bonchev–Trinajstić information content (AvgIpc) is 2.78. The summed E-state index contributed by atoms with van der Waals surface area (Å²) in [5, 5.41) is 5.97. The maximum Gasteiger partial charge on any atom is 0.117 e. The third-order valence-electron chi connectivity index (χ3n) is 7.45. The predicted octanol–water partition coefficient (Wildman–Crippen LogP) is 3.69. The van der Waals surface area contributed by atoms with E-state index < -0.39 is 26.4 Å². The Balaban J connectivity index is 2.62. The largest absolute Gasteiger partial charge is 0.494 e. The number of ether oxygens (including phenoxy) is 2. The van der Waals surface area contributed by atoms with E-state index in [0.29, 0.717) is 5.92 Å². The summed E-state index contributed by atoms with van der Waals surface area (Å²) in [5.74, 6) is 3.13. The van der Waals surface area contributed by atoms with E-state index in [1.807, 2.05) is 0 Å². The van der Waals surface area contributed by atoms with Crippen molar-refractivity contribution in [2.24, 2.45) is 5.92 Å². The monoisotopic (exact) mass is 558 g/mol. The minimum absolute atomic E-state index is 0.0499. The fourth-order valence-electron chi connectivity index (χ4n) is 4.73. The van der Waals surface area contributed by atoms with Crippen molar-refractivity contribution in [1.29, 1.82) is 0 Å². The summed E-state index contributed by atoms with van der Waals surface area (Å²) in [6.45, 7) is 28.0. The van der Waals surface area contributed by atoms with Crippen LogP contribution in [0, 0.1) is 5.92 Å². The maximum atomic E-state index is 6.57. The Morgan fingerprint density at radius 2 is 1.19 bits per heavy atom. The first-order valence-corrected chi connectivity index (χ1v) is 24.1. The normalized spacial score (nSPS) is 12.4. The molecule has 0 aliphatic rings. The smallest absolute Gasteiger partial charge is 0.117 e. The number of rotatable bonds is 13. The molecular weight excluding hydrogens is 505 g/mol. The van der Waals surface area contributed by atoms with Gasteiger partial charge in [0.15, 0.2) is 0 Å². The van der Waals surface area contributed by atoms with E-state index >= 15 is 0 Å². The summed E-state index contributed by atoms with van der Waals surface area (Å²) >= 11 is 0. The Morgan fingerprint density at radius 1 is 0.750 bits per heavy atom. The van der Waals surface area contributed by atoms with Gasteiger partial charge in [0.1, 0.15) is 11.5 Å². The van der Waals surface area contributed by atoms with E-state index in [1.165, 1.54) is 49.8 Å². The van der Waals surface area contributed by atoms with Crippen LogP contribution >= 0.6 is 0 Å². The van der Waals surface area contributed by atoms with Gasteiger partial charge in [0, 0.05) is 15.7 Å². The lowest BCUT2D eigenvalue weighted by atomic mass is 9.78. The number of hydrogen-bond acceptors (Lipinski definition) is 2. The lowest BCUT2D eigenvalue weighted by Gasteiger charge is -2.31. The fraction of sp³-hybridized carbons (Fsp3) is 0.600. The first-order chi connectivity index (χ1) is 16.8. The zero-order valence-corrected chi connectivity index (χ0v) is 30.9. The van der Waals surface area contributed by atoms with Gasteiger partial charge >= 0.3 is 0 Å². The molecule has 0 bridgehead atoms. The van der Waals surface area contributed by atoms with Gasteiger partial charge in [-0.05, 0) is 50.6 Å². The second-order valence-corrected chi connectivity index (χ2v) is 22.4. The van der Waals surface area contributed by atoms with Crippen LogP contribution in [0.4, 0.5) is 0 Å². The topological polar surface area (TPSA) is 18.5 Å². The average molecular weight is 559 g/mol. The van der Waals surface area contributed by atoms with Crippen molar-refractivity contribution >= 4 is 57.4 Å². The van der Waals surface area contributed by atoms with Crippen molar-refractivity contribution in [1.82, 2.24) is 0 Å². The highest BCUT2D eigenvalue weighted by molar-refractivity contribution is 6.76. The molecule has 0 spiro atoms. The first kappa shape index (κ1) is 31.1. The fourth-order valence-corrected chi connectivity index (χ4v) is 9.85. The Morgan fingerprint density at radius 3 is 1.64 bits per heavy atom. The summed E-state index contributed by atoms with van der Waals surface area (Å²) in [5.41, 5.74) is 2.86. The summed E-state index contributed by atoms with van der Waals surface area (Å²) in [6.07, 6.45) is 3.42. The van der Waals surface area contributed by atoms with Crippen molar-refractivity contribution in [3.8, 4) is 11.5 Å². The second kappa shape index (κ2) is 13.6. The lowest BCUT2D eigenvalue weighted by molar-refractivity contribution is 0.293. The molecule has 2 rings (SSSR count). The molecule has 0 amide bonds. The highest BCUT2D eigenvalue weighted by Crippen LogP contribution is 2.32. The highest BCUT2D eigenvalue weighted by atomic mass is 28.3. The number of benzene rings is 2. The zero-order valence-electron chi connectivity index (χ0n) is 25.5. The van der Waals surface area contributed by atoms with Crippen LogP contribution in [0.2, 0.25) is 39.3 Å². The molecule has 2 aromatic rings. The standard InChI is InChI=1S/C30H54O2Si4/c1-12-13-15-31-28-24(33)17-22(18-25(28)34(6)7)30(4,5)23-19-26(35(8)9)29(27(20-23)36(10)11)32-16-14-21(2)3/h17-21,34-36H,12-16H2,1-11,33H3. The van der Waals surface area contributed by atoms with Crippen molar-refractivity contribution in [2.75, 3.05) is 13.2 Å². The Labute approximate surface area is 230 Å². The van der Waals surface area contributed by atoms with Gasteiger partial charge < -0.3 is 9.47 Å². The third kappa shape index (κ3) is 7.71. The molecule has 0 atom stereocenters. The Hall–Kier alpha value is -1.09. The molecule has 2 aromatic carbocycles. The SMILES string of the molecule is CCCCOc1c([SiH3])cc(C(C)(C)c2cc([SiH](C)C)c(OCCC(C)C)c([SiH](C)C)c2)cc1[SiH](C)C. The summed E-state index contributed by atoms with van der Waals surface area (Å²) in [4.78, 5) is 0. The maximum absolute atomic E-state index is 6.57. The van der Waals surface area contributed by atoms with E-state index in [9.17, 15) is 0 Å². The second-order valence-electron chi connectivity index (χ2n) is 12.5. The number of unbranched alkanes of at least 4 members (excludes halogenated alkanes) is 1. The predicted molar refractivity (Wildman–Crippen MR) is 175 cm³/mol. The molecule has 0 aliphatic carbocycles. The van der Waals surface area contributed by atoms with Crippen LogP contribution < -0.4 is 30.2 Å². The first-order valence-electron chi connectivity index (χ1n) is 14.4. The van der Waals surface area contributed by atoms with Gasteiger partial charge in [-0.15, -0.1) is 0 Å². The molecule has 0 saturated carbocycles. The molecule has 0 radical (unpaired) electrons. The van der Waals surface area contributed by atoms with Crippen LogP contribution in [-0.2, 0) is 5.41 Å². The third-order valence-corrected chi connectivity index (χ3v) is 13.2. The molecule has 0 N–H and O–H groups in total. The summed E-state index contributed by atoms with van der Waals surface area (Å²) in [7, 11) is -2.16. The van der Waals surface area contributed by atoms with Crippen molar-refractivity contribution in [3.05, 3.63) is 35.4 Å². The van der Waals surface area contributed by atoms with E-state index in [4.69, 9.17) is 9.47 Å². The minimum Gasteiger partial charge on any atom is -0.494 e.